The number of hydrogen-bond acceptors (Lipinski definition) is 3. The van der Waals surface area contributed by atoms with E-state index in [1.54, 1.807) is 0 Å². The summed E-state index contributed by atoms with van der Waals surface area (Å²) in [5.41, 5.74) is -0.451. The van der Waals surface area contributed by atoms with Crippen molar-refractivity contribution in [2.24, 2.45) is 0 Å². The molecule has 0 radical (unpaired) electrons. The number of carbonyl (C=O) groups is 2. The van der Waals surface area contributed by atoms with E-state index in [4.69, 9.17) is 14.9 Å². The van der Waals surface area contributed by atoms with Gasteiger partial charge in [0.1, 0.15) is 17.3 Å². The van der Waals surface area contributed by atoms with Gasteiger partial charge in [0.05, 0.1) is 11.1 Å². The molecule has 2 rings (SSSR count). The Kier molecular flexibility index (Phi) is 3.65. The Bertz CT molecular complexity index is 649. The first kappa shape index (κ1) is 13.5. The van der Waals surface area contributed by atoms with Crippen molar-refractivity contribution in [3.05, 3.63) is 59.4 Å². The second-order valence-electron chi connectivity index (χ2n) is 3.92. The van der Waals surface area contributed by atoms with Crippen LogP contribution in [0.5, 0.6) is 11.5 Å². The Balaban J connectivity index is 2.40. The summed E-state index contributed by atoms with van der Waals surface area (Å²) in [6.07, 6.45) is 0. The van der Waals surface area contributed by atoms with Crippen LogP contribution in [-0.4, -0.2) is 22.2 Å². The smallest absolute Gasteiger partial charge is 0.335 e. The van der Waals surface area contributed by atoms with Gasteiger partial charge in [-0.15, -0.1) is 0 Å². The highest BCUT2D eigenvalue weighted by molar-refractivity contribution is 5.94. The summed E-state index contributed by atoms with van der Waals surface area (Å²) in [7, 11) is 0. The molecule has 2 N–H and O–H groups in total. The SMILES string of the molecule is O=C(O)c1cc(Oc2cccc(F)c2)cc(C(=O)O)c1. The topological polar surface area (TPSA) is 83.8 Å². The van der Waals surface area contributed by atoms with E-state index in [-0.39, 0.29) is 22.6 Å². The fraction of sp³-hybridized carbons (Fsp3) is 0. The molecule has 2 aromatic carbocycles. The molecule has 5 nitrogen and oxygen atoms in total. The summed E-state index contributed by atoms with van der Waals surface area (Å²) in [4.78, 5) is 21.9. The molecular formula is C14H9FO5. The van der Waals surface area contributed by atoms with Gasteiger partial charge in [-0.1, -0.05) is 6.07 Å². The molecule has 0 aliphatic carbocycles. The Morgan fingerprint density at radius 2 is 1.50 bits per heavy atom. The van der Waals surface area contributed by atoms with Gasteiger partial charge >= 0.3 is 11.9 Å². The first-order valence-electron chi connectivity index (χ1n) is 5.51. The van der Waals surface area contributed by atoms with Gasteiger partial charge in [-0.2, -0.15) is 0 Å². The molecule has 0 fully saturated rings. The normalized spacial score (nSPS) is 10.1. The minimum absolute atomic E-state index is 0.00731. The van der Waals surface area contributed by atoms with E-state index in [9.17, 15) is 14.0 Å². The molecule has 0 bridgehead atoms. The number of rotatable bonds is 4. The molecule has 0 atom stereocenters. The number of ether oxygens (including phenoxy) is 1. The van der Waals surface area contributed by atoms with Gasteiger partial charge in [0.15, 0.2) is 0 Å². The fourth-order valence-electron chi connectivity index (χ4n) is 1.57. The van der Waals surface area contributed by atoms with Crippen molar-refractivity contribution < 1.29 is 28.9 Å². The van der Waals surface area contributed by atoms with Gasteiger partial charge in [0.25, 0.3) is 0 Å². The van der Waals surface area contributed by atoms with Gasteiger partial charge in [0.2, 0.25) is 0 Å². The van der Waals surface area contributed by atoms with Gasteiger partial charge in [-0.05, 0) is 30.3 Å². The lowest BCUT2D eigenvalue weighted by atomic mass is 10.1. The predicted octanol–water partition coefficient (Wildman–Crippen LogP) is 3.01. The average Bonchev–Trinajstić information content (AvgIpc) is 2.38. The van der Waals surface area contributed by atoms with Crippen LogP contribution in [-0.2, 0) is 0 Å². The van der Waals surface area contributed by atoms with E-state index in [0.29, 0.717) is 0 Å². The third-order valence-electron chi connectivity index (χ3n) is 2.43. The van der Waals surface area contributed by atoms with Gasteiger partial charge in [0, 0.05) is 6.07 Å². The first-order valence-corrected chi connectivity index (χ1v) is 5.51. The summed E-state index contributed by atoms with van der Waals surface area (Å²) in [6.45, 7) is 0. The summed E-state index contributed by atoms with van der Waals surface area (Å²) >= 11 is 0. The van der Waals surface area contributed by atoms with Crippen LogP contribution in [0.1, 0.15) is 20.7 Å². The Hall–Kier alpha value is -2.89. The molecule has 0 aliphatic rings. The fourth-order valence-corrected chi connectivity index (χ4v) is 1.57. The number of carboxylic acids is 2. The maximum absolute atomic E-state index is 13.0. The van der Waals surface area contributed by atoms with Crippen LogP contribution in [0.4, 0.5) is 4.39 Å². The Morgan fingerprint density at radius 1 is 0.900 bits per heavy atom. The van der Waals surface area contributed by atoms with Crippen molar-refractivity contribution in [2.45, 2.75) is 0 Å². The maximum Gasteiger partial charge on any atom is 0.335 e. The molecule has 0 amide bonds. The summed E-state index contributed by atoms with van der Waals surface area (Å²) < 4.78 is 18.3. The molecule has 102 valence electrons. The second kappa shape index (κ2) is 5.40. The number of carboxylic acid groups (broad SMARTS) is 2. The quantitative estimate of drug-likeness (QED) is 0.896. The monoisotopic (exact) mass is 276 g/mol. The zero-order valence-corrected chi connectivity index (χ0v) is 10.0. The Labute approximate surface area is 112 Å². The van der Waals surface area contributed by atoms with Crippen molar-refractivity contribution in [1.29, 1.82) is 0 Å². The van der Waals surface area contributed by atoms with Crippen LogP contribution in [0.3, 0.4) is 0 Å². The van der Waals surface area contributed by atoms with Crippen molar-refractivity contribution >= 4 is 11.9 Å². The lowest BCUT2D eigenvalue weighted by Gasteiger charge is -2.08. The van der Waals surface area contributed by atoms with Crippen LogP contribution in [0.25, 0.3) is 0 Å². The summed E-state index contributed by atoms with van der Waals surface area (Å²) in [5, 5.41) is 17.8. The highest BCUT2D eigenvalue weighted by Crippen LogP contribution is 2.24. The number of hydrogen-bond donors (Lipinski definition) is 2. The van der Waals surface area contributed by atoms with Gasteiger partial charge in [-0.25, -0.2) is 14.0 Å². The molecular weight excluding hydrogens is 267 g/mol. The number of benzene rings is 2. The number of aromatic carboxylic acids is 2. The van der Waals surface area contributed by atoms with Crippen molar-refractivity contribution in [2.75, 3.05) is 0 Å². The molecule has 0 saturated carbocycles. The van der Waals surface area contributed by atoms with Crippen LogP contribution >= 0.6 is 0 Å². The van der Waals surface area contributed by atoms with Crippen LogP contribution in [0.15, 0.2) is 42.5 Å². The van der Waals surface area contributed by atoms with Crippen molar-refractivity contribution in [1.82, 2.24) is 0 Å². The van der Waals surface area contributed by atoms with E-state index >= 15 is 0 Å². The third-order valence-corrected chi connectivity index (χ3v) is 2.43. The van der Waals surface area contributed by atoms with Crippen molar-refractivity contribution in [3.63, 3.8) is 0 Å². The summed E-state index contributed by atoms with van der Waals surface area (Å²) in [5.74, 6) is -2.93. The third kappa shape index (κ3) is 3.11. The van der Waals surface area contributed by atoms with Crippen LogP contribution in [0, 0.1) is 5.82 Å². The molecule has 2 aromatic rings. The zero-order chi connectivity index (χ0) is 14.7. The lowest BCUT2D eigenvalue weighted by molar-refractivity contribution is 0.0696. The molecule has 0 spiro atoms. The van der Waals surface area contributed by atoms with Gasteiger partial charge in [-0.3, -0.25) is 0 Å². The van der Waals surface area contributed by atoms with E-state index in [2.05, 4.69) is 0 Å². The van der Waals surface area contributed by atoms with Crippen molar-refractivity contribution in [3.8, 4) is 11.5 Å². The maximum atomic E-state index is 13.0. The zero-order valence-electron chi connectivity index (χ0n) is 10.0. The van der Waals surface area contributed by atoms with Gasteiger partial charge < -0.3 is 14.9 Å². The minimum Gasteiger partial charge on any atom is -0.478 e. The molecule has 0 aromatic heterocycles. The molecule has 0 unspecified atom stereocenters. The molecule has 0 saturated heterocycles. The molecule has 0 heterocycles. The standard InChI is InChI=1S/C14H9FO5/c15-10-2-1-3-11(7-10)20-12-5-8(13(16)17)4-9(6-12)14(18)19/h1-7H,(H,16,17)(H,18,19). The predicted molar refractivity (Wildman–Crippen MR) is 66.8 cm³/mol. The molecule has 0 aliphatic heterocycles. The van der Waals surface area contributed by atoms with Crippen LogP contribution < -0.4 is 4.74 Å². The van der Waals surface area contributed by atoms with E-state index in [0.717, 1.165) is 12.1 Å². The minimum atomic E-state index is -1.28. The van der Waals surface area contributed by atoms with E-state index in [1.807, 2.05) is 0 Å². The number of halogens is 1. The highest BCUT2D eigenvalue weighted by Gasteiger charge is 2.12. The van der Waals surface area contributed by atoms with Crippen LogP contribution in [0.2, 0.25) is 0 Å². The molecule has 20 heavy (non-hydrogen) atoms. The average molecular weight is 276 g/mol. The Morgan fingerprint density at radius 3 is 2.00 bits per heavy atom. The first-order chi connectivity index (χ1) is 9.45. The van der Waals surface area contributed by atoms with E-state index in [1.165, 1.54) is 30.3 Å². The molecule has 6 heteroatoms. The lowest BCUT2D eigenvalue weighted by Crippen LogP contribution is -2.03. The largest absolute Gasteiger partial charge is 0.478 e. The second-order valence-corrected chi connectivity index (χ2v) is 3.92. The summed E-state index contributed by atoms with van der Waals surface area (Å²) in [6, 6.07) is 8.57. The highest BCUT2D eigenvalue weighted by atomic mass is 19.1. The van der Waals surface area contributed by atoms with E-state index < -0.39 is 17.8 Å².